The fourth-order valence-electron chi connectivity index (χ4n) is 2.80. The lowest BCUT2D eigenvalue weighted by atomic mass is 9.96. The van der Waals surface area contributed by atoms with Crippen molar-refractivity contribution in [3.8, 4) is 0 Å². The van der Waals surface area contributed by atoms with Crippen molar-refractivity contribution in [2.45, 2.75) is 59.0 Å². The van der Waals surface area contributed by atoms with E-state index in [4.69, 9.17) is 4.98 Å². The van der Waals surface area contributed by atoms with Crippen molar-refractivity contribution >= 4 is 11.7 Å². The quantitative estimate of drug-likeness (QED) is 0.910. The molecule has 1 aliphatic heterocycles. The molecule has 1 aromatic rings. The van der Waals surface area contributed by atoms with Gasteiger partial charge in [0.25, 0.3) is 0 Å². The molecule has 1 aromatic heterocycles. The van der Waals surface area contributed by atoms with Gasteiger partial charge in [-0.15, -0.1) is 0 Å². The minimum Gasteiger partial charge on any atom is -0.354 e. The number of nitrogens with one attached hydrogen (secondary N) is 1. The molecule has 2 heterocycles. The fourth-order valence-corrected chi connectivity index (χ4v) is 2.80. The van der Waals surface area contributed by atoms with E-state index < -0.39 is 0 Å². The van der Waals surface area contributed by atoms with Crippen LogP contribution >= 0.6 is 0 Å². The number of rotatable bonds is 4. The van der Waals surface area contributed by atoms with E-state index in [-0.39, 0.29) is 23.4 Å². The molecule has 0 radical (unpaired) electrons. The van der Waals surface area contributed by atoms with Crippen molar-refractivity contribution < 1.29 is 4.79 Å². The molecule has 0 aliphatic carbocycles. The number of aromatic nitrogens is 2. The van der Waals surface area contributed by atoms with Crippen LogP contribution in [0.3, 0.4) is 0 Å². The number of piperazine rings is 1. The van der Waals surface area contributed by atoms with E-state index in [1.54, 1.807) is 0 Å². The van der Waals surface area contributed by atoms with Crippen molar-refractivity contribution in [3.63, 3.8) is 0 Å². The minimum absolute atomic E-state index is 0.0543. The summed E-state index contributed by atoms with van der Waals surface area (Å²) in [6.07, 6.45) is 1.84. The lowest BCUT2D eigenvalue weighted by molar-refractivity contribution is -0.126. The maximum absolute atomic E-state index is 12.2. The van der Waals surface area contributed by atoms with E-state index in [2.05, 4.69) is 40.9 Å². The predicted molar refractivity (Wildman–Crippen MR) is 97.3 cm³/mol. The Hall–Kier alpha value is -1.69. The van der Waals surface area contributed by atoms with Gasteiger partial charge in [-0.1, -0.05) is 20.8 Å². The molecule has 0 bridgehead atoms. The van der Waals surface area contributed by atoms with Gasteiger partial charge in [-0.05, 0) is 26.8 Å². The van der Waals surface area contributed by atoms with Crippen LogP contribution in [0.15, 0.2) is 12.3 Å². The van der Waals surface area contributed by atoms with Crippen LogP contribution in [-0.2, 0) is 10.2 Å². The summed E-state index contributed by atoms with van der Waals surface area (Å²) in [5.74, 6) is 1.96. The third-order valence-corrected chi connectivity index (χ3v) is 4.31. The van der Waals surface area contributed by atoms with Gasteiger partial charge in [0.2, 0.25) is 5.91 Å². The molecule has 1 unspecified atom stereocenters. The summed E-state index contributed by atoms with van der Waals surface area (Å²) in [6, 6.07) is 2.06. The average molecular weight is 333 g/mol. The Labute approximate surface area is 145 Å². The number of hydrogen-bond donors (Lipinski definition) is 1. The van der Waals surface area contributed by atoms with Crippen molar-refractivity contribution in [1.29, 1.82) is 0 Å². The van der Waals surface area contributed by atoms with Crippen LogP contribution in [0.5, 0.6) is 0 Å². The molecule has 0 saturated carbocycles. The van der Waals surface area contributed by atoms with E-state index in [9.17, 15) is 4.79 Å². The summed E-state index contributed by atoms with van der Waals surface area (Å²) in [7, 11) is 0. The average Bonchev–Trinajstić information content (AvgIpc) is 2.53. The van der Waals surface area contributed by atoms with Crippen LogP contribution in [0.25, 0.3) is 0 Å². The molecule has 24 heavy (non-hydrogen) atoms. The summed E-state index contributed by atoms with van der Waals surface area (Å²) in [5, 5.41) is 2.99. The number of amides is 1. The molecular formula is C18H31N5O. The first-order chi connectivity index (χ1) is 11.2. The number of hydrogen-bond acceptors (Lipinski definition) is 5. The van der Waals surface area contributed by atoms with Crippen LogP contribution in [-0.4, -0.2) is 59.0 Å². The van der Waals surface area contributed by atoms with Gasteiger partial charge in [-0.25, -0.2) is 9.97 Å². The lowest BCUT2D eigenvalue weighted by Gasteiger charge is -2.38. The van der Waals surface area contributed by atoms with Crippen LogP contribution in [0.4, 0.5) is 5.82 Å². The molecule has 6 heteroatoms. The van der Waals surface area contributed by atoms with E-state index in [0.717, 1.165) is 37.8 Å². The van der Waals surface area contributed by atoms with Crippen molar-refractivity contribution in [3.05, 3.63) is 18.1 Å². The first-order valence-electron chi connectivity index (χ1n) is 8.81. The minimum atomic E-state index is -0.0925. The van der Waals surface area contributed by atoms with Gasteiger partial charge in [0, 0.05) is 43.8 Å². The van der Waals surface area contributed by atoms with Crippen LogP contribution < -0.4 is 10.2 Å². The van der Waals surface area contributed by atoms with Gasteiger partial charge in [-0.3, -0.25) is 9.69 Å². The highest BCUT2D eigenvalue weighted by molar-refractivity contribution is 5.81. The smallest absolute Gasteiger partial charge is 0.237 e. The number of carbonyl (C=O) groups is 1. The Bertz CT molecular complexity index is 559. The zero-order valence-electron chi connectivity index (χ0n) is 15.8. The highest BCUT2D eigenvalue weighted by Gasteiger charge is 2.27. The number of nitrogens with zero attached hydrogens (tertiary/aromatic N) is 4. The highest BCUT2D eigenvalue weighted by Crippen LogP contribution is 2.21. The molecule has 0 aromatic carbocycles. The Morgan fingerprint density at radius 3 is 2.33 bits per heavy atom. The predicted octanol–water partition coefficient (Wildman–Crippen LogP) is 1.81. The molecule has 2 rings (SSSR count). The lowest BCUT2D eigenvalue weighted by Crippen LogP contribution is -2.54. The van der Waals surface area contributed by atoms with Gasteiger partial charge < -0.3 is 10.2 Å². The Morgan fingerprint density at radius 1 is 1.17 bits per heavy atom. The molecule has 1 atom stereocenters. The van der Waals surface area contributed by atoms with Gasteiger partial charge >= 0.3 is 0 Å². The van der Waals surface area contributed by atoms with Crippen molar-refractivity contribution in [1.82, 2.24) is 20.2 Å². The Morgan fingerprint density at radius 2 is 1.79 bits per heavy atom. The second-order valence-electron chi connectivity index (χ2n) is 7.85. The van der Waals surface area contributed by atoms with Crippen LogP contribution in [0, 0.1) is 0 Å². The molecule has 134 valence electrons. The van der Waals surface area contributed by atoms with Crippen molar-refractivity contribution in [2.24, 2.45) is 0 Å². The zero-order valence-corrected chi connectivity index (χ0v) is 15.8. The van der Waals surface area contributed by atoms with Crippen LogP contribution in [0.1, 0.15) is 47.4 Å². The second-order valence-corrected chi connectivity index (χ2v) is 7.85. The maximum Gasteiger partial charge on any atom is 0.237 e. The molecule has 0 spiro atoms. The van der Waals surface area contributed by atoms with E-state index in [0.29, 0.717) is 0 Å². The Kier molecular flexibility index (Phi) is 5.80. The fraction of sp³-hybridized carbons (Fsp3) is 0.722. The molecule has 1 fully saturated rings. The first kappa shape index (κ1) is 18.6. The van der Waals surface area contributed by atoms with Gasteiger partial charge in [-0.2, -0.15) is 0 Å². The summed E-state index contributed by atoms with van der Waals surface area (Å²) in [4.78, 5) is 25.8. The molecule has 6 nitrogen and oxygen atoms in total. The summed E-state index contributed by atoms with van der Waals surface area (Å²) < 4.78 is 0. The topological polar surface area (TPSA) is 61.4 Å². The van der Waals surface area contributed by atoms with Crippen LogP contribution in [0.2, 0.25) is 0 Å². The second kappa shape index (κ2) is 7.47. The zero-order chi connectivity index (χ0) is 17.9. The monoisotopic (exact) mass is 333 g/mol. The molecule has 1 saturated heterocycles. The summed E-state index contributed by atoms with van der Waals surface area (Å²) in [6.45, 7) is 15.8. The first-order valence-corrected chi connectivity index (χ1v) is 8.81. The van der Waals surface area contributed by atoms with Gasteiger partial charge in [0.1, 0.15) is 11.6 Å². The third kappa shape index (κ3) is 4.66. The molecule has 1 N–H and O–H groups in total. The molecule has 1 amide bonds. The summed E-state index contributed by atoms with van der Waals surface area (Å²) >= 11 is 0. The van der Waals surface area contributed by atoms with E-state index in [1.165, 1.54) is 0 Å². The van der Waals surface area contributed by atoms with E-state index in [1.807, 2.05) is 33.0 Å². The van der Waals surface area contributed by atoms with Crippen molar-refractivity contribution in [2.75, 3.05) is 31.1 Å². The molecule has 1 aliphatic rings. The summed E-state index contributed by atoms with van der Waals surface area (Å²) in [5.41, 5.74) is -0.0543. The standard InChI is InChI=1S/C18H31N5O/c1-13(2)20-16(24)14(3)22-9-11-23(12-10-22)15-7-8-19-17(21-15)18(4,5)6/h7-8,13-14H,9-12H2,1-6H3,(H,20,24). The number of carbonyl (C=O) groups excluding carboxylic acids is 1. The Balaban J connectivity index is 1.97. The normalized spacial score (nSPS) is 17.9. The molecular weight excluding hydrogens is 302 g/mol. The maximum atomic E-state index is 12.2. The SMILES string of the molecule is CC(C)NC(=O)C(C)N1CCN(c2ccnc(C(C)(C)C)n2)CC1. The highest BCUT2D eigenvalue weighted by atomic mass is 16.2. The largest absolute Gasteiger partial charge is 0.354 e. The van der Waals surface area contributed by atoms with Gasteiger partial charge in [0.15, 0.2) is 0 Å². The third-order valence-electron chi connectivity index (χ3n) is 4.31. The van der Waals surface area contributed by atoms with E-state index >= 15 is 0 Å². The number of anilines is 1. The van der Waals surface area contributed by atoms with Gasteiger partial charge in [0.05, 0.1) is 6.04 Å².